The molecule has 2 aromatic carbocycles. The van der Waals surface area contributed by atoms with E-state index >= 15 is 0 Å². The topological polar surface area (TPSA) is 67.9 Å². The van der Waals surface area contributed by atoms with Crippen LogP contribution in [0.4, 0.5) is 0 Å². The van der Waals surface area contributed by atoms with Crippen molar-refractivity contribution in [3.63, 3.8) is 0 Å². The summed E-state index contributed by atoms with van der Waals surface area (Å²) in [4.78, 5) is 17.6. The third-order valence-corrected chi connectivity index (χ3v) is 4.84. The van der Waals surface area contributed by atoms with Gasteiger partial charge in [-0.25, -0.2) is 4.98 Å². The smallest absolute Gasteiger partial charge is 0.266 e. The van der Waals surface area contributed by atoms with Crippen LogP contribution in [-0.2, 0) is 0 Å². The summed E-state index contributed by atoms with van der Waals surface area (Å²) in [5, 5.41) is 10.1. The lowest BCUT2D eigenvalue weighted by molar-refractivity contribution is 0.415. The number of para-hydroxylation sites is 1. The number of methoxy groups -OCH3 is 1. The molecule has 0 saturated carbocycles. The molecule has 1 atom stereocenters. The van der Waals surface area contributed by atoms with Gasteiger partial charge in [-0.2, -0.15) is 5.26 Å². The van der Waals surface area contributed by atoms with E-state index in [-0.39, 0.29) is 10.8 Å². The Morgan fingerprint density at radius 3 is 2.76 bits per heavy atom. The fourth-order valence-electron chi connectivity index (χ4n) is 2.40. The number of rotatable bonds is 4. The predicted molar refractivity (Wildman–Crippen MR) is 99.8 cm³/mol. The molecule has 0 saturated heterocycles. The molecule has 3 aromatic rings. The van der Waals surface area contributed by atoms with E-state index in [1.807, 2.05) is 6.07 Å². The Morgan fingerprint density at radius 2 is 2.08 bits per heavy atom. The molecule has 25 heavy (non-hydrogen) atoms. The minimum Gasteiger partial charge on any atom is -0.495 e. The second-order valence-electron chi connectivity index (χ2n) is 5.26. The van der Waals surface area contributed by atoms with E-state index in [1.165, 1.54) is 23.4 Å². The number of aromatic nitrogens is 2. The molecule has 5 nitrogen and oxygen atoms in total. The second kappa shape index (κ2) is 7.18. The number of nitrogens with zero attached hydrogens (tertiary/aromatic N) is 3. The van der Waals surface area contributed by atoms with Crippen LogP contribution in [0.3, 0.4) is 0 Å². The van der Waals surface area contributed by atoms with Crippen LogP contribution in [0.15, 0.2) is 52.4 Å². The first kappa shape index (κ1) is 17.3. The fourth-order valence-corrected chi connectivity index (χ4v) is 3.46. The molecular formula is C18H14ClN3O2S. The molecule has 1 aromatic heterocycles. The van der Waals surface area contributed by atoms with Gasteiger partial charge in [0.2, 0.25) is 0 Å². The largest absolute Gasteiger partial charge is 0.495 e. The van der Waals surface area contributed by atoms with Crippen molar-refractivity contribution in [3.05, 3.63) is 57.8 Å². The third-order valence-electron chi connectivity index (χ3n) is 3.60. The summed E-state index contributed by atoms with van der Waals surface area (Å²) in [5.41, 5.74) is 0.956. The van der Waals surface area contributed by atoms with E-state index in [9.17, 15) is 4.79 Å². The lowest BCUT2D eigenvalue weighted by Crippen LogP contribution is -2.22. The van der Waals surface area contributed by atoms with Crippen molar-refractivity contribution in [2.45, 2.75) is 17.3 Å². The van der Waals surface area contributed by atoms with E-state index in [1.54, 1.807) is 43.3 Å². The van der Waals surface area contributed by atoms with Gasteiger partial charge in [0.05, 0.1) is 40.0 Å². The Hall–Kier alpha value is -2.49. The number of halogens is 1. The van der Waals surface area contributed by atoms with Crippen molar-refractivity contribution in [3.8, 4) is 17.5 Å². The second-order valence-corrected chi connectivity index (χ2v) is 6.98. The molecule has 7 heteroatoms. The number of hydrogen-bond donors (Lipinski definition) is 0. The maximum Gasteiger partial charge on any atom is 0.266 e. The van der Waals surface area contributed by atoms with Gasteiger partial charge in [-0.15, -0.1) is 0 Å². The molecule has 126 valence electrons. The number of thioether (sulfide) groups is 1. The van der Waals surface area contributed by atoms with E-state index in [4.69, 9.17) is 21.6 Å². The van der Waals surface area contributed by atoms with Gasteiger partial charge in [-0.3, -0.25) is 9.36 Å². The highest BCUT2D eigenvalue weighted by Gasteiger charge is 2.16. The van der Waals surface area contributed by atoms with Crippen LogP contribution in [0, 0.1) is 11.3 Å². The van der Waals surface area contributed by atoms with Gasteiger partial charge >= 0.3 is 0 Å². The number of benzene rings is 2. The molecule has 0 aliphatic heterocycles. The Bertz CT molecular complexity index is 1040. The molecule has 0 spiro atoms. The summed E-state index contributed by atoms with van der Waals surface area (Å²) >= 11 is 7.44. The average molecular weight is 372 g/mol. The van der Waals surface area contributed by atoms with Gasteiger partial charge in [0.25, 0.3) is 5.56 Å². The maximum absolute atomic E-state index is 13.0. The van der Waals surface area contributed by atoms with Gasteiger partial charge in [0.1, 0.15) is 5.75 Å². The number of hydrogen-bond acceptors (Lipinski definition) is 5. The molecule has 1 unspecified atom stereocenters. The normalized spacial score (nSPS) is 11.9. The van der Waals surface area contributed by atoms with Crippen molar-refractivity contribution in [1.29, 1.82) is 5.26 Å². The SMILES string of the molecule is COc1ccc(-n2c(SC(C)C#N)nc3ccccc3c2=O)cc1Cl. The number of ether oxygens (including phenoxy) is 1. The lowest BCUT2D eigenvalue weighted by atomic mass is 10.2. The molecule has 0 aliphatic carbocycles. The van der Waals surface area contributed by atoms with Gasteiger partial charge in [-0.05, 0) is 37.3 Å². The van der Waals surface area contributed by atoms with Crippen molar-refractivity contribution in [2.24, 2.45) is 0 Å². The van der Waals surface area contributed by atoms with E-state index in [2.05, 4.69) is 11.1 Å². The first-order valence-corrected chi connectivity index (χ1v) is 8.73. The molecule has 0 bridgehead atoms. The highest BCUT2D eigenvalue weighted by atomic mass is 35.5. The number of nitriles is 1. The first-order valence-electron chi connectivity index (χ1n) is 7.47. The lowest BCUT2D eigenvalue weighted by Gasteiger charge is -2.14. The zero-order valence-corrected chi connectivity index (χ0v) is 15.1. The minimum absolute atomic E-state index is 0.209. The summed E-state index contributed by atoms with van der Waals surface area (Å²) in [7, 11) is 1.53. The minimum atomic E-state index is -0.354. The third kappa shape index (κ3) is 3.34. The molecule has 0 radical (unpaired) electrons. The van der Waals surface area contributed by atoms with Crippen LogP contribution in [0.1, 0.15) is 6.92 Å². The van der Waals surface area contributed by atoms with Crippen LogP contribution in [-0.4, -0.2) is 21.9 Å². The zero-order valence-electron chi connectivity index (χ0n) is 13.6. The zero-order chi connectivity index (χ0) is 18.0. The standard InChI is InChI=1S/C18H14ClN3O2S/c1-11(10-20)25-18-21-15-6-4-3-5-13(15)17(23)22(18)12-7-8-16(24-2)14(19)9-12/h3-9,11H,1-2H3. The van der Waals surface area contributed by atoms with Crippen molar-refractivity contribution in [2.75, 3.05) is 7.11 Å². The Morgan fingerprint density at radius 1 is 1.32 bits per heavy atom. The Balaban J connectivity index is 2.29. The van der Waals surface area contributed by atoms with Gasteiger partial charge in [-0.1, -0.05) is 35.5 Å². The van der Waals surface area contributed by atoms with Crippen molar-refractivity contribution >= 4 is 34.3 Å². The van der Waals surface area contributed by atoms with Gasteiger partial charge < -0.3 is 4.74 Å². The van der Waals surface area contributed by atoms with Crippen molar-refractivity contribution < 1.29 is 4.74 Å². The Kier molecular flexibility index (Phi) is 4.98. The molecule has 0 aliphatic rings. The van der Waals surface area contributed by atoms with Crippen LogP contribution in [0.25, 0.3) is 16.6 Å². The first-order chi connectivity index (χ1) is 12.0. The highest BCUT2D eigenvalue weighted by Crippen LogP contribution is 2.29. The monoisotopic (exact) mass is 371 g/mol. The summed E-state index contributed by atoms with van der Waals surface area (Å²) < 4.78 is 6.64. The van der Waals surface area contributed by atoms with Gasteiger partial charge in [0, 0.05) is 0 Å². The maximum atomic E-state index is 13.0. The molecule has 0 fully saturated rings. The summed E-state index contributed by atoms with van der Waals surface area (Å²) in [6.07, 6.45) is 0. The van der Waals surface area contributed by atoms with E-state index < -0.39 is 0 Å². The predicted octanol–water partition coefficient (Wildman–Crippen LogP) is 4.05. The van der Waals surface area contributed by atoms with Crippen LogP contribution >= 0.6 is 23.4 Å². The molecule has 1 heterocycles. The summed E-state index contributed by atoms with van der Waals surface area (Å²) in [6, 6.07) is 14.4. The van der Waals surface area contributed by atoms with E-state index in [0.29, 0.717) is 32.5 Å². The van der Waals surface area contributed by atoms with Crippen LogP contribution in [0.5, 0.6) is 5.75 Å². The van der Waals surface area contributed by atoms with Crippen LogP contribution in [0.2, 0.25) is 5.02 Å². The average Bonchev–Trinajstić information content (AvgIpc) is 2.62. The van der Waals surface area contributed by atoms with Gasteiger partial charge in [0.15, 0.2) is 5.16 Å². The fraction of sp³-hybridized carbons (Fsp3) is 0.167. The highest BCUT2D eigenvalue weighted by molar-refractivity contribution is 8.00. The summed E-state index contributed by atoms with van der Waals surface area (Å²) in [6.45, 7) is 1.76. The van der Waals surface area contributed by atoms with E-state index in [0.717, 1.165) is 0 Å². The molecule has 0 N–H and O–H groups in total. The quantitative estimate of drug-likeness (QED) is 0.511. The Labute approximate surface area is 153 Å². The van der Waals surface area contributed by atoms with Crippen molar-refractivity contribution in [1.82, 2.24) is 9.55 Å². The van der Waals surface area contributed by atoms with Crippen LogP contribution < -0.4 is 10.3 Å². The number of fused-ring (bicyclic) bond motifs is 1. The summed E-state index contributed by atoms with van der Waals surface area (Å²) in [5.74, 6) is 0.520. The molecule has 3 rings (SSSR count). The molecular weight excluding hydrogens is 358 g/mol. The molecule has 0 amide bonds.